The van der Waals surface area contributed by atoms with Crippen LogP contribution in [0.2, 0.25) is 0 Å². The van der Waals surface area contributed by atoms with Crippen LogP contribution in [-0.2, 0) is 9.05 Å². The van der Waals surface area contributed by atoms with E-state index in [0.29, 0.717) is 0 Å². The second kappa shape index (κ2) is 4.38. The highest BCUT2D eigenvalue weighted by atomic mass is 35.7. The third-order valence-electron chi connectivity index (χ3n) is 1.64. The molecule has 1 aromatic rings. The molecule has 0 saturated carbocycles. The first kappa shape index (κ1) is 12.9. The molecule has 1 aromatic heterocycles. The van der Waals surface area contributed by atoms with Gasteiger partial charge in [-0.2, -0.15) is 4.98 Å². The lowest BCUT2D eigenvalue weighted by Crippen LogP contribution is -2.01. The van der Waals surface area contributed by atoms with E-state index < -0.39 is 31.8 Å². The number of methoxy groups -OCH3 is 1. The van der Waals surface area contributed by atoms with Gasteiger partial charge in [-0.25, -0.2) is 17.2 Å². The maximum absolute atomic E-state index is 12.4. The molecule has 0 bridgehead atoms. The monoisotopic (exact) mass is 273 g/mol. The minimum absolute atomic E-state index is 0.382. The number of nitrogens with zero attached hydrogens (tertiary/aromatic N) is 1. The van der Waals surface area contributed by atoms with Gasteiger partial charge in [0.1, 0.15) is 0 Å². The Labute approximate surface area is 94.1 Å². The predicted octanol–water partition coefficient (Wildman–Crippen LogP) is 1.66. The van der Waals surface area contributed by atoms with Gasteiger partial charge in [-0.3, -0.25) is 0 Å². The fourth-order valence-electron chi connectivity index (χ4n) is 0.951. The average Bonchev–Trinajstić information content (AvgIpc) is 2.15. The van der Waals surface area contributed by atoms with Crippen molar-refractivity contribution < 1.29 is 27.0 Å². The van der Waals surface area contributed by atoms with Crippen LogP contribution < -0.4 is 4.74 Å². The summed E-state index contributed by atoms with van der Waals surface area (Å²) in [6.45, 7) is 0. The number of hydrogen-bond donors (Lipinski definition) is 1. The number of alkyl halides is 2. The van der Waals surface area contributed by atoms with Gasteiger partial charge < -0.3 is 9.84 Å². The van der Waals surface area contributed by atoms with Gasteiger partial charge in [0.15, 0.2) is 5.75 Å². The van der Waals surface area contributed by atoms with Gasteiger partial charge in [0.2, 0.25) is 10.9 Å². The third-order valence-corrected chi connectivity index (χ3v) is 2.83. The number of aromatic nitrogens is 1. The topological polar surface area (TPSA) is 76.5 Å². The molecular weight excluding hydrogens is 268 g/mol. The van der Waals surface area contributed by atoms with Gasteiger partial charge in [0, 0.05) is 16.7 Å². The molecule has 0 saturated heterocycles. The molecule has 0 atom stereocenters. The Balaban J connectivity index is 3.56. The third kappa shape index (κ3) is 2.50. The lowest BCUT2D eigenvalue weighted by Gasteiger charge is -2.08. The predicted molar refractivity (Wildman–Crippen MR) is 50.4 cm³/mol. The molecule has 1 N–H and O–H groups in total. The fourth-order valence-corrected chi connectivity index (χ4v) is 1.82. The zero-order valence-corrected chi connectivity index (χ0v) is 9.39. The summed E-state index contributed by atoms with van der Waals surface area (Å²) in [5.41, 5.74) is -0.911. The fraction of sp³-hybridized carbons (Fsp3) is 0.286. The summed E-state index contributed by atoms with van der Waals surface area (Å²) in [5, 5.41) is 8.20. The molecule has 9 heteroatoms. The number of halogens is 3. The summed E-state index contributed by atoms with van der Waals surface area (Å²) in [6.07, 6.45) is -3.07. The van der Waals surface area contributed by atoms with E-state index >= 15 is 0 Å². The van der Waals surface area contributed by atoms with E-state index in [0.717, 1.165) is 13.2 Å². The standard InChI is InChI=1S/C7H6ClF2NO4S/c1-15-4-2-3(6(9)10)5(12)7(11-4)16(8,13)14/h2,6,12H,1H3. The zero-order chi connectivity index (χ0) is 12.5. The van der Waals surface area contributed by atoms with Crippen LogP contribution in [-0.4, -0.2) is 25.6 Å². The van der Waals surface area contributed by atoms with Gasteiger partial charge in [0.05, 0.1) is 12.7 Å². The zero-order valence-electron chi connectivity index (χ0n) is 7.82. The largest absolute Gasteiger partial charge is 0.505 e. The van der Waals surface area contributed by atoms with E-state index in [9.17, 15) is 22.3 Å². The molecule has 1 rings (SSSR count). The van der Waals surface area contributed by atoms with Crippen LogP contribution in [0.25, 0.3) is 0 Å². The number of hydrogen-bond acceptors (Lipinski definition) is 5. The molecule has 90 valence electrons. The van der Waals surface area contributed by atoms with Crippen molar-refractivity contribution in [2.24, 2.45) is 0 Å². The quantitative estimate of drug-likeness (QED) is 0.848. The van der Waals surface area contributed by atoms with Crippen molar-refractivity contribution in [3.63, 3.8) is 0 Å². The minimum Gasteiger partial charge on any atom is -0.505 e. The highest BCUT2D eigenvalue weighted by Crippen LogP contribution is 2.36. The molecule has 5 nitrogen and oxygen atoms in total. The van der Waals surface area contributed by atoms with Gasteiger partial charge >= 0.3 is 0 Å². The molecule has 0 aliphatic heterocycles. The molecule has 1 heterocycles. The Morgan fingerprint density at radius 3 is 2.50 bits per heavy atom. The second-order valence-corrected chi connectivity index (χ2v) is 5.13. The summed E-state index contributed by atoms with van der Waals surface area (Å²) in [4.78, 5) is 3.28. The first-order valence-electron chi connectivity index (χ1n) is 3.78. The van der Waals surface area contributed by atoms with Crippen LogP contribution in [0.5, 0.6) is 11.6 Å². The van der Waals surface area contributed by atoms with Crippen LogP contribution in [0, 0.1) is 0 Å². The summed E-state index contributed by atoms with van der Waals surface area (Å²) in [7, 11) is 1.60. The number of aromatic hydroxyl groups is 1. The summed E-state index contributed by atoms with van der Waals surface area (Å²) in [5.74, 6) is -1.56. The first-order valence-corrected chi connectivity index (χ1v) is 6.09. The highest BCUT2D eigenvalue weighted by molar-refractivity contribution is 8.13. The summed E-state index contributed by atoms with van der Waals surface area (Å²) >= 11 is 0. The van der Waals surface area contributed by atoms with E-state index in [1.165, 1.54) is 0 Å². The number of ether oxygens (including phenoxy) is 1. The maximum atomic E-state index is 12.4. The van der Waals surface area contributed by atoms with Gasteiger partial charge in [-0.05, 0) is 0 Å². The van der Waals surface area contributed by atoms with Gasteiger partial charge in [-0.1, -0.05) is 0 Å². The molecule has 0 aliphatic carbocycles. The Morgan fingerprint density at radius 2 is 2.12 bits per heavy atom. The first-order chi connectivity index (χ1) is 7.27. The van der Waals surface area contributed by atoms with E-state index in [-0.39, 0.29) is 5.88 Å². The minimum atomic E-state index is -4.42. The highest BCUT2D eigenvalue weighted by Gasteiger charge is 2.26. The van der Waals surface area contributed by atoms with E-state index in [4.69, 9.17) is 10.7 Å². The van der Waals surface area contributed by atoms with Crippen molar-refractivity contribution in [1.29, 1.82) is 0 Å². The van der Waals surface area contributed by atoms with Crippen molar-refractivity contribution in [1.82, 2.24) is 4.98 Å². The summed E-state index contributed by atoms with van der Waals surface area (Å²) in [6, 6.07) is 0.728. The molecule has 0 spiro atoms. The van der Waals surface area contributed by atoms with Crippen molar-refractivity contribution >= 4 is 19.7 Å². The van der Waals surface area contributed by atoms with Gasteiger partial charge in [-0.15, -0.1) is 0 Å². The van der Waals surface area contributed by atoms with E-state index in [2.05, 4.69) is 9.72 Å². The SMILES string of the molecule is COc1cc(C(F)F)c(O)c(S(=O)(=O)Cl)n1. The van der Waals surface area contributed by atoms with Crippen LogP contribution in [0.15, 0.2) is 11.1 Å². The van der Waals surface area contributed by atoms with E-state index in [1.807, 2.05) is 0 Å². The van der Waals surface area contributed by atoms with Crippen LogP contribution in [0.4, 0.5) is 8.78 Å². The molecule has 0 unspecified atom stereocenters. The van der Waals surface area contributed by atoms with E-state index in [1.54, 1.807) is 0 Å². The van der Waals surface area contributed by atoms with Crippen molar-refractivity contribution in [2.45, 2.75) is 11.5 Å². The lowest BCUT2D eigenvalue weighted by atomic mass is 10.2. The molecule has 0 amide bonds. The maximum Gasteiger partial charge on any atom is 0.282 e. The molecule has 0 aromatic carbocycles. The number of rotatable bonds is 3. The average molecular weight is 274 g/mol. The Hall–Kier alpha value is -1.15. The molecule has 16 heavy (non-hydrogen) atoms. The van der Waals surface area contributed by atoms with Crippen molar-refractivity contribution in [3.8, 4) is 11.6 Å². The normalized spacial score (nSPS) is 11.8. The summed E-state index contributed by atoms with van der Waals surface area (Å²) < 4.78 is 51.3. The lowest BCUT2D eigenvalue weighted by molar-refractivity contribution is 0.146. The van der Waals surface area contributed by atoms with Crippen LogP contribution in [0.1, 0.15) is 12.0 Å². The second-order valence-electron chi connectivity index (χ2n) is 2.65. The molecular formula is C7H6ClF2NO4S. The number of pyridine rings is 1. The molecule has 0 aliphatic rings. The van der Waals surface area contributed by atoms with Gasteiger partial charge in [0.25, 0.3) is 15.5 Å². The van der Waals surface area contributed by atoms with Crippen molar-refractivity contribution in [2.75, 3.05) is 7.11 Å². The Morgan fingerprint density at radius 1 is 1.56 bits per heavy atom. The molecule has 0 fully saturated rings. The molecule has 0 radical (unpaired) electrons. The van der Waals surface area contributed by atoms with Crippen LogP contribution >= 0.6 is 10.7 Å². The Kier molecular flexibility index (Phi) is 3.54. The van der Waals surface area contributed by atoms with Crippen LogP contribution in [0.3, 0.4) is 0 Å². The smallest absolute Gasteiger partial charge is 0.282 e. The Bertz CT molecular complexity index is 505. The van der Waals surface area contributed by atoms with Crippen molar-refractivity contribution in [3.05, 3.63) is 11.6 Å².